The number of rotatable bonds is 4. The van der Waals surface area contributed by atoms with E-state index in [-0.39, 0.29) is 23.7 Å². The first-order valence-electron chi connectivity index (χ1n) is 7.81. The van der Waals surface area contributed by atoms with Crippen molar-refractivity contribution in [1.82, 2.24) is 14.1 Å². The molecule has 2 saturated heterocycles. The van der Waals surface area contributed by atoms with Gasteiger partial charge in [-0.25, -0.2) is 12.7 Å². The molecule has 2 rings (SSSR count). The van der Waals surface area contributed by atoms with E-state index in [9.17, 15) is 13.2 Å². The van der Waals surface area contributed by atoms with E-state index in [0.29, 0.717) is 0 Å². The minimum absolute atomic E-state index is 0.00205. The molecule has 0 unspecified atom stereocenters. The number of likely N-dealkylation sites (N-methyl/N-ethyl adjacent to an activating group) is 1. The molecular weight excluding hydrogens is 290 g/mol. The Kier molecular flexibility index (Phi) is 5.27. The smallest absolute Gasteiger partial charge is 0.239 e. The van der Waals surface area contributed by atoms with Gasteiger partial charge < -0.3 is 4.90 Å². The van der Waals surface area contributed by atoms with Gasteiger partial charge in [0.2, 0.25) is 15.9 Å². The van der Waals surface area contributed by atoms with E-state index < -0.39 is 10.0 Å². The quantitative estimate of drug-likeness (QED) is 0.751. The van der Waals surface area contributed by atoms with Crippen LogP contribution in [0.2, 0.25) is 0 Å². The molecule has 122 valence electrons. The fourth-order valence-corrected chi connectivity index (χ4v) is 4.41. The molecule has 0 saturated carbocycles. The van der Waals surface area contributed by atoms with Crippen molar-refractivity contribution in [3.05, 3.63) is 0 Å². The van der Waals surface area contributed by atoms with E-state index in [2.05, 4.69) is 4.90 Å². The van der Waals surface area contributed by atoms with Crippen LogP contribution in [0.25, 0.3) is 0 Å². The zero-order chi connectivity index (χ0) is 15.6. The molecule has 21 heavy (non-hydrogen) atoms. The van der Waals surface area contributed by atoms with Crippen LogP contribution in [-0.4, -0.2) is 80.0 Å². The SMILES string of the molecule is CCS(=O)(=O)N(C)C1CCN([C@@H]2CCCN(C)C2=O)CC1. The summed E-state index contributed by atoms with van der Waals surface area (Å²) in [5.74, 6) is 0.365. The number of likely N-dealkylation sites (tertiary alicyclic amines) is 2. The molecule has 2 fully saturated rings. The number of piperidine rings is 2. The molecule has 7 heteroatoms. The Bertz CT molecular complexity index is 472. The second-order valence-electron chi connectivity index (χ2n) is 6.10. The van der Waals surface area contributed by atoms with Crippen LogP contribution in [0.4, 0.5) is 0 Å². The highest BCUT2D eigenvalue weighted by molar-refractivity contribution is 7.89. The van der Waals surface area contributed by atoms with Crippen molar-refractivity contribution >= 4 is 15.9 Å². The molecule has 0 aliphatic carbocycles. The minimum atomic E-state index is -3.12. The summed E-state index contributed by atoms with van der Waals surface area (Å²) in [4.78, 5) is 16.3. The maximum Gasteiger partial charge on any atom is 0.239 e. The molecule has 0 aromatic heterocycles. The van der Waals surface area contributed by atoms with Crippen LogP contribution in [0.5, 0.6) is 0 Å². The second-order valence-corrected chi connectivity index (χ2v) is 8.42. The van der Waals surface area contributed by atoms with Crippen LogP contribution < -0.4 is 0 Å². The summed E-state index contributed by atoms with van der Waals surface area (Å²) in [5.41, 5.74) is 0. The standard InChI is InChI=1S/C14H27N3O3S/c1-4-21(19,20)16(3)12-7-10-17(11-8-12)13-6-5-9-15(2)14(13)18/h12-13H,4-11H2,1-3H3/t13-/m1/s1. The van der Waals surface area contributed by atoms with Gasteiger partial charge in [0.15, 0.2) is 0 Å². The van der Waals surface area contributed by atoms with E-state index in [4.69, 9.17) is 0 Å². The summed E-state index contributed by atoms with van der Waals surface area (Å²) in [6, 6.07) is 0.0698. The van der Waals surface area contributed by atoms with Crippen molar-refractivity contribution in [3.8, 4) is 0 Å². The number of hydrogen-bond acceptors (Lipinski definition) is 4. The Morgan fingerprint density at radius 2 is 1.81 bits per heavy atom. The fraction of sp³-hybridized carbons (Fsp3) is 0.929. The van der Waals surface area contributed by atoms with E-state index >= 15 is 0 Å². The maximum absolute atomic E-state index is 12.2. The molecule has 1 amide bonds. The normalized spacial score (nSPS) is 26.6. The van der Waals surface area contributed by atoms with Gasteiger partial charge >= 0.3 is 0 Å². The lowest BCUT2D eigenvalue weighted by atomic mass is 9.98. The number of hydrogen-bond donors (Lipinski definition) is 0. The number of amides is 1. The van der Waals surface area contributed by atoms with Crippen molar-refractivity contribution in [2.45, 2.75) is 44.7 Å². The number of nitrogens with zero attached hydrogens (tertiary/aromatic N) is 3. The van der Waals surface area contributed by atoms with E-state index in [1.165, 1.54) is 4.31 Å². The molecule has 1 atom stereocenters. The van der Waals surface area contributed by atoms with Gasteiger partial charge in [0.25, 0.3) is 0 Å². The lowest BCUT2D eigenvalue weighted by Gasteiger charge is -2.42. The average molecular weight is 317 g/mol. The Hall–Kier alpha value is -0.660. The maximum atomic E-state index is 12.2. The van der Waals surface area contributed by atoms with Gasteiger partial charge in [-0.15, -0.1) is 0 Å². The zero-order valence-corrected chi connectivity index (χ0v) is 14.1. The lowest BCUT2D eigenvalue weighted by Crippen LogP contribution is -2.55. The first-order chi connectivity index (χ1) is 9.86. The molecule has 2 heterocycles. The zero-order valence-electron chi connectivity index (χ0n) is 13.3. The Balaban J connectivity index is 1.93. The van der Waals surface area contributed by atoms with Gasteiger partial charge in [-0.2, -0.15) is 0 Å². The van der Waals surface area contributed by atoms with Crippen LogP contribution in [0.3, 0.4) is 0 Å². The van der Waals surface area contributed by atoms with Gasteiger partial charge in [-0.1, -0.05) is 0 Å². The number of sulfonamides is 1. The largest absolute Gasteiger partial charge is 0.344 e. The van der Waals surface area contributed by atoms with Crippen LogP contribution in [0, 0.1) is 0 Å². The van der Waals surface area contributed by atoms with Crippen molar-refractivity contribution in [1.29, 1.82) is 0 Å². The Labute approximate surface area is 128 Å². The van der Waals surface area contributed by atoms with E-state index in [0.717, 1.165) is 45.3 Å². The van der Waals surface area contributed by atoms with Gasteiger partial charge in [0.1, 0.15) is 0 Å². The predicted octanol–water partition coefficient (Wildman–Crippen LogP) is 0.353. The summed E-state index contributed by atoms with van der Waals surface area (Å²) < 4.78 is 25.4. The fourth-order valence-electron chi connectivity index (χ4n) is 3.34. The first-order valence-corrected chi connectivity index (χ1v) is 9.42. The van der Waals surface area contributed by atoms with E-state index in [1.54, 1.807) is 14.0 Å². The van der Waals surface area contributed by atoms with Gasteiger partial charge in [0.05, 0.1) is 11.8 Å². The first kappa shape index (κ1) is 16.7. The summed E-state index contributed by atoms with van der Waals surface area (Å²) >= 11 is 0. The summed E-state index contributed by atoms with van der Waals surface area (Å²) in [6.07, 6.45) is 3.60. The molecular formula is C14H27N3O3S. The topological polar surface area (TPSA) is 60.9 Å². The molecule has 2 aliphatic heterocycles. The van der Waals surface area contributed by atoms with Crippen molar-refractivity contribution in [3.63, 3.8) is 0 Å². The molecule has 6 nitrogen and oxygen atoms in total. The van der Waals surface area contributed by atoms with Crippen LogP contribution in [-0.2, 0) is 14.8 Å². The molecule has 0 spiro atoms. The molecule has 0 bridgehead atoms. The van der Waals surface area contributed by atoms with Gasteiger partial charge in [0, 0.05) is 39.8 Å². The molecule has 0 radical (unpaired) electrons. The summed E-state index contributed by atoms with van der Waals surface area (Å²) in [7, 11) is 0.423. The monoisotopic (exact) mass is 317 g/mol. The highest BCUT2D eigenvalue weighted by Crippen LogP contribution is 2.23. The second kappa shape index (κ2) is 6.62. The van der Waals surface area contributed by atoms with Crippen LogP contribution in [0.1, 0.15) is 32.6 Å². The average Bonchev–Trinajstić information content (AvgIpc) is 2.49. The predicted molar refractivity (Wildman–Crippen MR) is 82.5 cm³/mol. The van der Waals surface area contributed by atoms with Crippen LogP contribution >= 0.6 is 0 Å². The van der Waals surface area contributed by atoms with Crippen molar-refractivity contribution in [2.24, 2.45) is 0 Å². The third-order valence-corrected chi connectivity index (χ3v) is 6.80. The lowest BCUT2D eigenvalue weighted by molar-refractivity contribution is -0.139. The van der Waals surface area contributed by atoms with E-state index in [1.807, 2.05) is 11.9 Å². The summed E-state index contributed by atoms with van der Waals surface area (Å²) in [5, 5.41) is 0. The summed E-state index contributed by atoms with van der Waals surface area (Å²) in [6.45, 7) is 4.14. The highest BCUT2D eigenvalue weighted by atomic mass is 32.2. The van der Waals surface area contributed by atoms with Gasteiger partial charge in [-0.3, -0.25) is 9.69 Å². The van der Waals surface area contributed by atoms with Crippen molar-refractivity contribution < 1.29 is 13.2 Å². The van der Waals surface area contributed by atoms with Crippen molar-refractivity contribution in [2.75, 3.05) is 39.5 Å². The molecule has 0 aromatic carbocycles. The molecule has 2 aliphatic rings. The van der Waals surface area contributed by atoms with Gasteiger partial charge in [-0.05, 0) is 32.6 Å². The number of carbonyl (C=O) groups is 1. The third-order valence-electron chi connectivity index (χ3n) is 4.89. The Morgan fingerprint density at radius 3 is 2.38 bits per heavy atom. The molecule has 0 N–H and O–H groups in total. The third kappa shape index (κ3) is 3.57. The Morgan fingerprint density at radius 1 is 1.19 bits per heavy atom. The highest BCUT2D eigenvalue weighted by Gasteiger charge is 2.35. The van der Waals surface area contributed by atoms with Crippen LogP contribution in [0.15, 0.2) is 0 Å². The molecule has 0 aromatic rings. The number of carbonyl (C=O) groups excluding carboxylic acids is 1. The minimum Gasteiger partial charge on any atom is -0.344 e.